The summed E-state index contributed by atoms with van der Waals surface area (Å²) in [5, 5.41) is 7.58. The van der Waals surface area contributed by atoms with Gasteiger partial charge in [-0.2, -0.15) is 18.3 Å². The first-order valence-corrected chi connectivity index (χ1v) is 11.9. The van der Waals surface area contributed by atoms with Crippen molar-refractivity contribution in [3.63, 3.8) is 0 Å². The fourth-order valence-corrected chi connectivity index (χ4v) is 4.55. The van der Waals surface area contributed by atoms with Gasteiger partial charge < -0.3 is 5.32 Å². The first-order valence-electron chi connectivity index (χ1n) is 11.9. The standard InChI is InChI=1S/C26H30F3N5O/c1-19(16-26(27,28)29)33-15-11-23-22(18-33)24(32-34(23)17-21-9-13-30-14-10-21)25(35)31-12-5-8-20-6-3-2-4-7-20/h2-4,6-7,9-10,13-14,19H,5,8,11-12,15-18H2,1H3,(H,31,35)/t19-/m0/s1. The van der Waals surface area contributed by atoms with Gasteiger partial charge in [0.2, 0.25) is 0 Å². The number of aromatic nitrogens is 3. The highest BCUT2D eigenvalue weighted by molar-refractivity contribution is 5.94. The molecule has 1 aromatic carbocycles. The SMILES string of the molecule is C[C@@H](CC(F)(F)F)N1CCc2c(c(C(=O)NCCCc3ccccc3)nn2Cc2ccncc2)C1. The minimum atomic E-state index is -4.23. The Balaban J connectivity index is 1.49. The molecule has 6 nitrogen and oxygen atoms in total. The number of halogens is 3. The number of hydrogen-bond donors (Lipinski definition) is 1. The van der Waals surface area contributed by atoms with Crippen LogP contribution in [0.3, 0.4) is 0 Å². The van der Waals surface area contributed by atoms with Crippen molar-refractivity contribution in [2.24, 2.45) is 0 Å². The van der Waals surface area contributed by atoms with Crippen molar-refractivity contribution in [1.82, 2.24) is 25.0 Å². The van der Waals surface area contributed by atoms with Gasteiger partial charge in [0.25, 0.3) is 5.91 Å². The second-order valence-electron chi connectivity index (χ2n) is 9.02. The molecule has 0 unspecified atom stereocenters. The maximum absolute atomic E-state index is 13.1. The lowest BCUT2D eigenvalue weighted by atomic mass is 10.0. The smallest absolute Gasteiger partial charge is 0.351 e. The Morgan fingerprint density at radius 1 is 1.11 bits per heavy atom. The van der Waals surface area contributed by atoms with Crippen molar-refractivity contribution in [2.45, 2.75) is 57.9 Å². The number of aryl methyl sites for hydroxylation is 1. The lowest BCUT2D eigenvalue weighted by Crippen LogP contribution is -2.40. The molecule has 0 bridgehead atoms. The molecule has 1 atom stereocenters. The molecule has 1 aliphatic rings. The number of nitrogens with zero attached hydrogens (tertiary/aromatic N) is 4. The van der Waals surface area contributed by atoms with E-state index in [1.54, 1.807) is 24.2 Å². The van der Waals surface area contributed by atoms with Crippen LogP contribution in [0, 0.1) is 0 Å². The molecule has 0 saturated heterocycles. The number of alkyl halides is 3. The van der Waals surface area contributed by atoms with Gasteiger partial charge in [0.05, 0.1) is 13.0 Å². The van der Waals surface area contributed by atoms with Crippen molar-refractivity contribution < 1.29 is 18.0 Å². The van der Waals surface area contributed by atoms with Crippen LogP contribution in [-0.2, 0) is 25.9 Å². The van der Waals surface area contributed by atoms with E-state index in [2.05, 4.69) is 27.5 Å². The Morgan fingerprint density at radius 2 is 1.86 bits per heavy atom. The first kappa shape index (κ1) is 24.9. The number of hydrogen-bond acceptors (Lipinski definition) is 4. The van der Waals surface area contributed by atoms with E-state index in [9.17, 15) is 18.0 Å². The van der Waals surface area contributed by atoms with Gasteiger partial charge in [-0.15, -0.1) is 0 Å². The van der Waals surface area contributed by atoms with Gasteiger partial charge in [-0.05, 0) is 43.0 Å². The molecule has 0 fully saturated rings. The normalized spacial score (nSPS) is 15.0. The molecule has 0 saturated carbocycles. The van der Waals surface area contributed by atoms with Crippen LogP contribution in [-0.4, -0.2) is 50.9 Å². The maximum Gasteiger partial charge on any atom is 0.390 e. The van der Waals surface area contributed by atoms with Crippen molar-refractivity contribution in [3.8, 4) is 0 Å². The number of fused-ring (bicyclic) bond motifs is 1. The predicted octanol–water partition coefficient (Wildman–Crippen LogP) is 4.39. The quantitative estimate of drug-likeness (QED) is 0.457. The van der Waals surface area contributed by atoms with Crippen LogP contribution in [0.4, 0.5) is 13.2 Å². The van der Waals surface area contributed by atoms with Gasteiger partial charge in [0.1, 0.15) is 0 Å². The van der Waals surface area contributed by atoms with Gasteiger partial charge in [-0.3, -0.25) is 19.4 Å². The Hall–Kier alpha value is -3.20. The highest BCUT2D eigenvalue weighted by Gasteiger charge is 2.35. The molecule has 1 aliphatic heterocycles. The first-order chi connectivity index (χ1) is 16.8. The number of nitrogens with one attached hydrogen (secondary N) is 1. The molecule has 2 aromatic heterocycles. The second-order valence-corrected chi connectivity index (χ2v) is 9.02. The molecular formula is C26H30F3N5O. The molecule has 0 radical (unpaired) electrons. The zero-order chi connectivity index (χ0) is 24.8. The van der Waals surface area contributed by atoms with Gasteiger partial charge >= 0.3 is 6.18 Å². The van der Waals surface area contributed by atoms with Gasteiger partial charge in [0, 0.05) is 55.7 Å². The zero-order valence-corrected chi connectivity index (χ0v) is 19.8. The molecule has 9 heteroatoms. The van der Waals surface area contributed by atoms with E-state index in [0.29, 0.717) is 31.7 Å². The molecule has 35 heavy (non-hydrogen) atoms. The third-order valence-electron chi connectivity index (χ3n) is 6.38. The fraction of sp³-hybridized carbons (Fsp3) is 0.423. The number of pyridine rings is 1. The maximum atomic E-state index is 13.1. The van der Waals surface area contributed by atoms with Crippen LogP contribution >= 0.6 is 0 Å². The van der Waals surface area contributed by atoms with E-state index in [4.69, 9.17) is 0 Å². The molecule has 4 rings (SSSR count). The molecule has 1 amide bonds. The van der Waals surface area contributed by atoms with Crippen LogP contribution in [0.2, 0.25) is 0 Å². The summed E-state index contributed by atoms with van der Waals surface area (Å²) >= 11 is 0. The predicted molar refractivity (Wildman–Crippen MR) is 127 cm³/mol. The molecule has 3 aromatic rings. The van der Waals surface area contributed by atoms with Crippen LogP contribution in [0.5, 0.6) is 0 Å². The summed E-state index contributed by atoms with van der Waals surface area (Å²) in [7, 11) is 0. The number of carbonyl (C=O) groups is 1. The van der Waals surface area contributed by atoms with Crippen LogP contribution in [0.1, 0.15) is 52.6 Å². The third kappa shape index (κ3) is 6.69. The average Bonchev–Trinajstić information content (AvgIpc) is 3.19. The van der Waals surface area contributed by atoms with Gasteiger partial charge in [-0.1, -0.05) is 30.3 Å². The second kappa shape index (κ2) is 11.0. The summed E-state index contributed by atoms with van der Waals surface area (Å²) in [6.07, 6.45) is 0.455. The molecule has 0 aliphatic carbocycles. The number of benzene rings is 1. The highest BCUT2D eigenvalue weighted by atomic mass is 19.4. The molecular weight excluding hydrogens is 455 g/mol. The summed E-state index contributed by atoms with van der Waals surface area (Å²) in [5.41, 5.74) is 4.13. The average molecular weight is 486 g/mol. The van der Waals surface area contributed by atoms with Crippen LogP contribution < -0.4 is 5.32 Å². The van der Waals surface area contributed by atoms with Crippen molar-refractivity contribution in [2.75, 3.05) is 13.1 Å². The molecule has 3 heterocycles. The number of rotatable bonds is 9. The lowest BCUT2D eigenvalue weighted by molar-refractivity contribution is -0.146. The Bertz CT molecular complexity index is 1120. The summed E-state index contributed by atoms with van der Waals surface area (Å²) in [6, 6.07) is 13.1. The summed E-state index contributed by atoms with van der Waals surface area (Å²) in [5.74, 6) is -0.284. The summed E-state index contributed by atoms with van der Waals surface area (Å²) in [4.78, 5) is 18.9. The molecule has 186 valence electrons. The Kier molecular flexibility index (Phi) is 7.85. The van der Waals surface area contributed by atoms with Gasteiger partial charge in [-0.25, -0.2) is 0 Å². The van der Waals surface area contributed by atoms with Crippen LogP contribution in [0.25, 0.3) is 0 Å². The summed E-state index contributed by atoms with van der Waals surface area (Å²) < 4.78 is 40.8. The minimum Gasteiger partial charge on any atom is -0.351 e. The highest BCUT2D eigenvalue weighted by Crippen LogP contribution is 2.29. The number of carbonyl (C=O) groups excluding carboxylic acids is 1. The van der Waals surface area contributed by atoms with Gasteiger partial charge in [0.15, 0.2) is 5.69 Å². The molecule has 1 N–H and O–H groups in total. The third-order valence-corrected chi connectivity index (χ3v) is 6.38. The lowest BCUT2D eigenvalue weighted by Gasteiger charge is -2.33. The Morgan fingerprint density at radius 3 is 2.57 bits per heavy atom. The van der Waals surface area contributed by atoms with E-state index in [0.717, 1.165) is 29.7 Å². The van der Waals surface area contributed by atoms with E-state index in [-0.39, 0.29) is 12.5 Å². The summed E-state index contributed by atoms with van der Waals surface area (Å²) in [6.45, 7) is 3.32. The van der Waals surface area contributed by atoms with Crippen LogP contribution in [0.15, 0.2) is 54.9 Å². The topological polar surface area (TPSA) is 63.1 Å². The van der Waals surface area contributed by atoms with E-state index in [1.807, 2.05) is 35.0 Å². The molecule has 0 spiro atoms. The van der Waals surface area contributed by atoms with Crippen molar-refractivity contribution >= 4 is 5.91 Å². The zero-order valence-electron chi connectivity index (χ0n) is 19.8. The Labute approximate surface area is 203 Å². The minimum absolute atomic E-state index is 0.274. The van der Waals surface area contributed by atoms with E-state index in [1.165, 1.54) is 5.56 Å². The number of amides is 1. The largest absolute Gasteiger partial charge is 0.390 e. The van der Waals surface area contributed by atoms with E-state index < -0.39 is 18.6 Å². The van der Waals surface area contributed by atoms with E-state index >= 15 is 0 Å². The fourth-order valence-electron chi connectivity index (χ4n) is 4.55. The van der Waals surface area contributed by atoms with Crippen molar-refractivity contribution in [3.05, 3.63) is 82.9 Å². The monoisotopic (exact) mass is 485 g/mol. The van der Waals surface area contributed by atoms with Crippen molar-refractivity contribution in [1.29, 1.82) is 0 Å².